The summed E-state index contributed by atoms with van der Waals surface area (Å²) in [6.45, 7) is 9.34. The number of nitrogens with zero attached hydrogens (tertiary/aromatic N) is 4. The number of rotatable bonds is 6. The molecule has 1 aromatic heterocycles. The average Bonchev–Trinajstić information content (AvgIpc) is 2.99. The van der Waals surface area contributed by atoms with Crippen molar-refractivity contribution in [3.05, 3.63) is 47.3 Å². The first kappa shape index (κ1) is 20.9. The van der Waals surface area contributed by atoms with Gasteiger partial charge in [-0.2, -0.15) is 5.10 Å². The summed E-state index contributed by atoms with van der Waals surface area (Å²) in [5.41, 5.74) is 9.72. The van der Waals surface area contributed by atoms with E-state index in [0.717, 1.165) is 61.1 Å². The zero-order valence-electron chi connectivity index (χ0n) is 17.7. The summed E-state index contributed by atoms with van der Waals surface area (Å²) in [5.74, 6) is 0.973. The van der Waals surface area contributed by atoms with Crippen LogP contribution in [0.5, 0.6) is 0 Å². The van der Waals surface area contributed by atoms with Crippen LogP contribution >= 0.6 is 0 Å². The summed E-state index contributed by atoms with van der Waals surface area (Å²) in [4.78, 5) is 18.5. The van der Waals surface area contributed by atoms with E-state index in [2.05, 4.69) is 36.2 Å². The van der Waals surface area contributed by atoms with E-state index in [-0.39, 0.29) is 5.91 Å². The molecule has 0 spiro atoms. The number of benzene rings is 1. The molecule has 1 atom stereocenters. The van der Waals surface area contributed by atoms with Gasteiger partial charge in [0.2, 0.25) is 5.91 Å². The molecule has 2 heterocycles. The molecule has 1 aliphatic rings. The SMILES string of the molecule is CCNC(=NCc1c(C)nn(-c2ccccc2)c1C)N1CCCC(CC(N)=O)C1. The Kier molecular flexibility index (Phi) is 6.90. The molecule has 1 aromatic carbocycles. The van der Waals surface area contributed by atoms with Gasteiger partial charge in [-0.1, -0.05) is 18.2 Å². The molecule has 0 aliphatic carbocycles. The summed E-state index contributed by atoms with van der Waals surface area (Å²) >= 11 is 0. The van der Waals surface area contributed by atoms with Crippen LogP contribution in [-0.4, -0.2) is 46.2 Å². The number of carbonyl (C=O) groups excluding carboxylic acids is 1. The van der Waals surface area contributed by atoms with E-state index in [1.54, 1.807) is 0 Å². The molecule has 7 heteroatoms. The first-order valence-corrected chi connectivity index (χ1v) is 10.4. The lowest BCUT2D eigenvalue weighted by molar-refractivity contribution is -0.119. The van der Waals surface area contributed by atoms with Crippen molar-refractivity contribution >= 4 is 11.9 Å². The third-order valence-electron chi connectivity index (χ3n) is 5.47. The predicted molar refractivity (Wildman–Crippen MR) is 116 cm³/mol. The second kappa shape index (κ2) is 9.58. The smallest absolute Gasteiger partial charge is 0.217 e. The van der Waals surface area contributed by atoms with Gasteiger partial charge in [0.05, 0.1) is 17.9 Å². The molecule has 0 bridgehead atoms. The monoisotopic (exact) mass is 396 g/mol. The molecule has 29 heavy (non-hydrogen) atoms. The Morgan fingerprint density at radius 2 is 2.07 bits per heavy atom. The molecule has 1 fully saturated rings. The Morgan fingerprint density at radius 1 is 1.31 bits per heavy atom. The summed E-state index contributed by atoms with van der Waals surface area (Å²) in [6, 6.07) is 10.2. The molecule has 1 amide bonds. The van der Waals surface area contributed by atoms with Gasteiger partial charge in [-0.05, 0) is 51.7 Å². The molecular formula is C22H32N6O. The number of aliphatic imine (C=N–C) groups is 1. The van der Waals surface area contributed by atoms with Gasteiger partial charge in [-0.15, -0.1) is 0 Å². The Hall–Kier alpha value is -2.83. The number of hydrogen-bond donors (Lipinski definition) is 2. The van der Waals surface area contributed by atoms with Crippen molar-refractivity contribution in [3.63, 3.8) is 0 Å². The fraction of sp³-hybridized carbons (Fsp3) is 0.500. The number of primary amides is 1. The van der Waals surface area contributed by atoms with Gasteiger partial charge in [0.25, 0.3) is 0 Å². The number of carbonyl (C=O) groups is 1. The Morgan fingerprint density at radius 3 is 2.76 bits per heavy atom. The number of nitrogens with one attached hydrogen (secondary N) is 1. The average molecular weight is 397 g/mol. The first-order chi connectivity index (χ1) is 14.0. The molecule has 0 radical (unpaired) electrons. The van der Waals surface area contributed by atoms with Gasteiger partial charge < -0.3 is 16.0 Å². The van der Waals surface area contributed by atoms with Crippen molar-refractivity contribution in [3.8, 4) is 5.69 Å². The minimum absolute atomic E-state index is 0.224. The van der Waals surface area contributed by atoms with Crippen molar-refractivity contribution in [1.29, 1.82) is 0 Å². The third kappa shape index (κ3) is 5.16. The lowest BCUT2D eigenvalue weighted by Gasteiger charge is -2.34. The van der Waals surface area contributed by atoms with Crippen LogP contribution in [0.3, 0.4) is 0 Å². The van der Waals surface area contributed by atoms with Crippen molar-refractivity contribution in [2.75, 3.05) is 19.6 Å². The van der Waals surface area contributed by atoms with E-state index < -0.39 is 0 Å². The van der Waals surface area contributed by atoms with Gasteiger partial charge in [0.15, 0.2) is 5.96 Å². The van der Waals surface area contributed by atoms with Crippen LogP contribution < -0.4 is 11.1 Å². The van der Waals surface area contributed by atoms with Crippen LogP contribution in [0.2, 0.25) is 0 Å². The molecule has 3 N–H and O–H groups in total. The summed E-state index contributed by atoms with van der Waals surface area (Å²) < 4.78 is 1.98. The largest absolute Gasteiger partial charge is 0.370 e. The number of piperidine rings is 1. The number of likely N-dealkylation sites (tertiary alicyclic amines) is 1. The maximum absolute atomic E-state index is 11.3. The number of nitrogens with two attached hydrogens (primary N) is 1. The lowest BCUT2D eigenvalue weighted by Crippen LogP contribution is -2.47. The number of aryl methyl sites for hydroxylation is 1. The van der Waals surface area contributed by atoms with E-state index in [4.69, 9.17) is 15.8 Å². The van der Waals surface area contributed by atoms with Crippen molar-refractivity contribution in [1.82, 2.24) is 20.0 Å². The minimum Gasteiger partial charge on any atom is -0.370 e. The number of para-hydroxylation sites is 1. The molecule has 0 saturated carbocycles. The van der Waals surface area contributed by atoms with E-state index in [1.807, 2.05) is 29.8 Å². The second-order valence-electron chi connectivity index (χ2n) is 7.69. The van der Waals surface area contributed by atoms with Crippen molar-refractivity contribution < 1.29 is 4.79 Å². The minimum atomic E-state index is -0.224. The quantitative estimate of drug-likeness (QED) is 0.580. The zero-order valence-corrected chi connectivity index (χ0v) is 17.7. The van der Waals surface area contributed by atoms with E-state index in [0.29, 0.717) is 18.9 Å². The van der Waals surface area contributed by atoms with Crippen LogP contribution in [0.4, 0.5) is 0 Å². The number of amides is 1. The van der Waals surface area contributed by atoms with E-state index >= 15 is 0 Å². The van der Waals surface area contributed by atoms with Gasteiger partial charge in [-0.3, -0.25) is 4.79 Å². The molecule has 3 rings (SSSR count). The number of guanidine groups is 1. The summed E-state index contributed by atoms with van der Waals surface area (Å²) in [6.07, 6.45) is 2.53. The molecule has 1 saturated heterocycles. The standard InChI is InChI=1S/C22H32N6O/c1-4-24-22(27-12-8-9-18(15-27)13-21(23)29)25-14-20-16(2)26-28(17(20)3)19-10-6-5-7-11-19/h5-7,10-11,18H,4,8-9,12-15H2,1-3H3,(H2,23,29)(H,24,25). The van der Waals surface area contributed by atoms with Crippen LogP contribution in [0.15, 0.2) is 35.3 Å². The highest BCUT2D eigenvalue weighted by Crippen LogP contribution is 2.21. The highest BCUT2D eigenvalue weighted by Gasteiger charge is 2.23. The van der Waals surface area contributed by atoms with E-state index in [9.17, 15) is 4.79 Å². The van der Waals surface area contributed by atoms with Gasteiger partial charge in [0.1, 0.15) is 0 Å². The topological polar surface area (TPSA) is 88.5 Å². The van der Waals surface area contributed by atoms with Crippen LogP contribution in [0.25, 0.3) is 5.69 Å². The number of aromatic nitrogens is 2. The molecular weight excluding hydrogens is 364 g/mol. The highest BCUT2D eigenvalue weighted by molar-refractivity contribution is 5.80. The molecule has 156 valence electrons. The van der Waals surface area contributed by atoms with Crippen LogP contribution in [-0.2, 0) is 11.3 Å². The van der Waals surface area contributed by atoms with Gasteiger partial charge in [-0.25, -0.2) is 9.67 Å². The highest BCUT2D eigenvalue weighted by atomic mass is 16.1. The maximum atomic E-state index is 11.3. The molecule has 1 aliphatic heterocycles. The fourth-order valence-corrected chi connectivity index (χ4v) is 4.01. The maximum Gasteiger partial charge on any atom is 0.217 e. The normalized spacial score (nSPS) is 17.4. The summed E-state index contributed by atoms with van der Waals surface area (Å²) in [5, 5.41) is 8.13. The van der Waals surface area contributed by atoms with Crippen LogP contribution in [0, 0.1) is 19.8 Å². The van der Waals surface area contributed by atoms with Gasteiger partial charge >= 0.3 is 0 Å². The lowest BCUT2D eigenvalue weighted by atomic mass is 9.95. The molecule has 2 aromatic rings. The van der Waals surface area contributed by atoms with Gasteiger partial charge in [0, 0.05) is 37.3 Å². The zero-order chi connectivity index (χ0) is 20.8. The Labute approximate surface area is 173 Å². The van der Waals surface area contributed by atoms with E-state index in [1.165, 1.54) is 0 Å². The van der Waals surface area contributed by atoms with Crippen LogP contribution in [0.1, 0.15) is 43.1 Å². The van der Waals surface area contributed by atoms with Crippen molar-refractivity contribution in [2.45, 2.75) is 46.6 Å². The van der Waals surface area contributed by atoms with Crippen molar-refractivity contribution in [2.24, 2.45) is 16.6 Å². The Balaban J connectivity index is 1.79. The third-order valence-corrected chi connectivity index (χ3v) is 5.47. The second-order valence-corrected chi connectivity index (χ2v) is 7.69. The molecule has 7 nitrogen and oxygen atoms in total. The first-order valence-electron chi connectivity index (χ1n) is 10.4. The summed E-state index contributed by atoms with van der Waals surface area (Å²) in [7, 11) is 0. The number of hydrogen-bond acceptors (Lipinski definition) is 3. The fourth-order valence-electron chi connectivity index (χ4n) is 4.01. The predicted octanol–water partition coefficient (Wildman–Crippen LogP) is 2.54. The Bertz CT molecular complexity index is 858. The molecule has 1 unspecified atom stereocenters.